The molecule has 0 unspecified atom stereocenters. The first-order valence-corrected chi connectivity index (χ1v) is 5.60. The maximum absolute atomic E-state index is 11.3. The average Bonchev–Trinajstić information content (AvgIpc) is 2.37. The van der Waals surface area contributed by atoms with Gasteiger partial charge in [-0.25, -0.2) is 0 Å². The van der Waals surface area contributed by atoms with Crippen LogP contribution in [0.1, 0.15) is 16.7 Å². The van der Waals surface area contributed by atoms with Gasteiger partial charge >= 0.3 is 0 Å². The van der Waals surface area contributed by atoms with E-state index in [9.17, 15) is 9.90 Å². The third kappa shape index (κ3) is 2.58. The third-order valence-corrected chi connectivity index (χ3v) is 2.74. The Kier molecular flexibility index (Phi) is 3.44. The van der Waals surface area contributed by atoms with Gasteiger partial charge in [-0.05, 0) is 24.0 Å². The summed E-state index contributed by atoms with van der Waals surface area (Å²) in [5.41, 5.74) is 1.45. The Bertz CT molecular complexity index is 639. The third-order valence-electron chi connectivity index (χ3n) is 2.74. The molecule has 4 nitrogen and oxygen atoms in total. The van der Waals surface area contributed by atoms with Crippen molar-refractivity contribution in [1.29, 1.82) is 5.26 Å². The van der Waals surface area contributed by atoms with Crippen LogP contribution in [-0.4, -0.2) is 10.1 Å². The SMILES string of the molecule is N#Cc1c(CCc2ccccc2)cc(=O)[nH]c1O. The number of aromatic amines is 1. The molecule has 0 amide bonds. The van der Waals surface area contributed by atoms with Crippen LogP contribution in [0, 0.1) is 11.3 Å². The van der Waals surface area contributed by atoms with E-state index in [1.165, 1.54) is 6.07 Å². The molecule has 90 valence electrons. The Labute approximate surface area is 104 Å². The van der Waals surface area contributed by atoms with Crippen LogP contribution < -0.4 is 5.56 Å². The normalized spacial score (nSPS) is 9.94. The van der Waals surface area contributed by atoms with Crippen molar-refractivity contribution in [2.45, 2.75) is 12.8 Å². The van der Waals surface area contributed by atoms with Crippen LogP contribution in [0.5, 0.6) is 5.88 Å². The summed E-state index contributed by atoms with van der Waals surface area (Å²) in [6.45, 7) is 0. The van der Waals surface area contributed by atoms with E-state index >= 15 is 0 Å². The molecule has 0 aliphatic rings. The fraction of sp³-hybridized carbons (Fsp3) is 0.143. The number of hydrogen-bond acceptors (Lipinski definition) is 3. The molecule has 1 heterocycles. The van der Waals surface area contributed by atoms with Gasteiger partial charge in [0.15, 0.2) is 0 Å². The average molecular weight is 240 g/mol. The van der Waals surface area contributed by atoms with E-state index in [0.717, 1.165) is 12.0 Å². The van der Waals surface area contributed by atoms with Crippen LogP contribution in [0.15, 0.2) is 41.2 Å². The molecule has 4 heteroatoms. The Morgan fingerprint density at radius 3 is 2.61 bits per heavy atom. The zero-order chi connectivity index (χ0) is 13.0. The van der Waals surface area contributed by atoms with E-state index in [2.05, 4.69) is 4.98 Å². The quantitative estimate of drug-likeness (QED) is 0.857. The largest absolute Gasteiger partial charge is 0.494 e. The molecule has 0 aliphatic carbocycles. The molecule has 0 spiro atoms. The minimum Gasteiger partial charge on any atom is -0.494 e. The smallest absolute Gasteiger partial charge is 0.251 e. The lowest BCUT2D eigenvalue weighted by atomic mass is 10.0. The second-order valence-corrected chi connectivity index (χ2v) is 3.98. The lowest BCUT2D eigenvalue weighted by molar-refractivity contribution is 0.449. The number of H-pyrrole nitrogens is 1. The number of pyridine rings is 1. The first-order valence-electron chi connectivity index (χ1n) is 5.60. The molecule has 0 bridgehead atoms. The molecule has 18 heavy (non-hydrogen) atoms. The Hall–Kier alpha value is -2.54. The lowest BCUT2D eigenvalue weighted by Gasteiger charge is -2.05. The van der Waals surface area contributed by atoms with Gasteiger partial charge in [-0.2, -0.15) is 5.26 Å². The summed E-state index contributed by atoms with van der Waals surface area (Å²) in [5.74, 6) is -0.354. The number of aromatic nitrogens is 1. The Morgan fingerprint density at radius 2 is 1.94 bits per heavy atom. The van der Waals surface area contributed by atoms with Gasteiger partial charge in [0.05, 0.1) is 0 Å². The van der Waals surface area contributed by atoms with Crippen molar-refractivity contribution in [1.82, 2.24) is 4.98 Å². The van der Waals surface area contributed by atoms with Crippen molar-refractivity contribution in [3.05, 3.63) is 63.4 Å². The van der Waals surface area contributed by atoms with Gasteiger partial charge < -0.3 is 5.11 Å². The van der Waals surface area contributed by atoms with E-state index in [1.807, 2.05) is 36.4 Å². The number of nitriles is 1. The number of aromatic hydroxyl groups is 1. The zero-order valence-corrected chi connectivity index (χ0v) is 9.68. The van der Waals surface area contributed by atoms with Crippen molar-refractivity contribution in [3.63, 3.8) is 0 Å². The highest BCUT2D eigenvalue weighted by Gasteiger charge is 2.09. The molecule has 2 rings (SSSR count). The van der Waals surface area contributed by atoms with Crippen LogP contribution in [0.2, 0.25) is 0 Å². The van der Waals surface area contributed by atoms with Gasteiger partial charge in [0.1, 0.15) is 11.6 Å². The summed E-state index contributed by atoms with van der Waals surface area (Å²) in [4.78, 5) is 13.5. The predicted octanol–water partition coefficient (Wildman–Crippen LogP) is 1.74. The van der Waals surface area contributed by atoms with E-state index in [-0.39, 0.29) is 11.4 Å². The van der Waals surface area contributed by atoms with Crippen LogP contribution in [-0.2, 0) is 12.8 Å². The monoisotopic (exact) mass is 240 g/mol. The number of rotatable bonds is 3. The second kappa shape index (κ2) is 5.19. The van der Waals surface area contributed by atoms with E-state index in [4.69, 9.17) is 5.26 Å². The zero-order valence-electron chi connectivity index (χ0n) is 9.68. The van der Waals surface area contributed by atoms with Crippen LogP contribution in [0.3, 0.4) is 0 Å². The highest BCUT2D eigenvalue weighted by atomic mass is 16.3. The molecule has 2 aromatic rings. The lowest BCUT2D eigenvalue weighted by Crippen LogP contribution is -2.08. The van der Waals surface area contributed by atoms with Crippen LogP contribution in [0.25, 0.3) is 0 Å². The van der Waals surface area contributed by atoms with Gasteiger partial charge in [-0.3, -0.25) is 9.78 Å². The number of hydrogen-bond donors (Lipinski definition) is 2. The summed E-state index contributed by atoms with van der Waals surface area (Å²) in [6.07, 6.45) is 1.27. The first-order chi connectivity index (χ1) is 8.70. The van der Waals surface area contributed by atoms with Crippen molar-refractivity contribution in [3.8, 4) is 11.9 Å². The van der Waals surface area contributed by atoms with Gasteiger partial charge in [0.25, 0.3) is 5.56 Å². The number of benzene rings is 1. The summed E-state index contributed by atoms with van der Waals surface area (Å²) >= 11 is 0. The number of nitrogens with one attached hydrogen (secondary N) is 1. The van der Waals surface area contributed by atoms with Crippen LogP contribution >= 0.6 is 0 Å². The molecular formula is C14H12N2O2. The van der Waals surface area contributed by atoms with Gasteiger partial charge in [0, 0.05) is 6.07 Å². The summed E-state index contributed by atoms with van der Waals surface area (Å²) < 4.78 is 0. The fourth-order valence-electron chi connectivity index (χ4n) is 1.84. The van der Waals surface area contributed by atoms with Crippen molar-refractivity contribution < 1.29 is 5.11 Å². The van der Waals surface area contributed by atoms with E-state index < -0.39 is 5.56 Å². The molecule has 1 aromatic heterocycles. The number of aryl methyl sites for hydroxylation is 2. The Balaban J connectivity index is 2.25. The molecule has 0 aliphatic heterocycles. The maximum atomic E-state index is 11.3. The standard InChI is InChI=1S/C14H12N2O2/c15-9-12-11(8-13(17)16-14(12)18)7-6-10-4-2-1-3-5-10/h1-5,8H,6-7H2,(H2,16,17,18). The molecule has 0 saturated heterocycles. The van der Waals surface area contributed by atoms with E-state index in [1.54, 1.807) is 0 Å². The molecule has 0 atom stereocenters. The predicted molar refractivity (Wildman–Crippen MR) is 67.3 cm³/mol. The topological polar surface area (TPSA) is 76.9 Å². The molecule has 0 radical (unpaired) electrons. The molecule has 0 saturated carbocycles. The van der Waals surface area contributed by atoms with Crippen molar-refractivity contribution >= 4 is 0 Å². The van der Waals surface area contributed by atoms with Crippen molar-refractivity contribution in [2.24, 2.45) is 0 Å². The summed E-state index contributed by atoms with van der Waals surface area (Å²) in [7, 11) is 0. The maximum Gasteiger partial charge on any atom is 0.251 e. The second-order valence-electron chi connectivity index (χ2n) is 3.98. The fourth-order valence-corrected chi connectivity index (χ4v) is 1.84. The molecule has 2 N–H and O–H groups in total. The number of nitrogens with zero attached hydrogens (tertiary/aromatic N) is 1. The van der Waals surface area contributed by atoms with Gasteiger partial charge in [0.2, 0.25) is 5.88 Å². The van der Waals surface area contributed by atoms with Gasteiger partial charge in [-0.1, -0.05) is 30.3 Å². The van der Waals surface area contributed by atoms with Gasteiger partial charge in [-0.15, -0.1) is 0 Å². The minimum atomic E-state index is -0.394. The highest BCUT2D eigenvalue weighted by molar-refractivity contribution is 5.44. The molecular weight excluding hydrogens is 228 g/mol. The first kappa shape index (κ1) is 11.9. The van der Waals surface area contributed by atoms with Crippen molar-refractivity contribution in [2.75, 3.05) is 0 Å². The van der Waals surface area contributed by atoms with E-state index in [0.29, 0.717) is 12.0 Å². The Morgan fingerprint density at radius 1 is 1.22 bits per heavy atom. The molecule has 0 fully saturated rings. The summed E-state index contributed by atoms with van der Waals surface area (Å²) in [5, 5.41) is 18.4. The minimum absolute atomic E-state index is 0.144. The highest BCUT2D eigenvalue weighted by Crippen LogP contribution is 2.16. The molecule has 1 aromatic carbocycles. The van der Waals surface area contributed by atoms with Crippen LogP contribution in [0.4, 0.5) is 0 Å². The summed E-state index contributed by atoms with van der Waals surface area (Å²) in [6, 6.07) is 13.1.